The number of carbonyl (C=O) groups is 1. The van der Waals surface area contributed by atoms with Gasteiger partial charge < -0.3 is 10.6 Å². The molecule has 0 atom stereocenters. The smallest absolute Gasteiger partial charge is 0.230 e. The maximum absolute atomic E-state index is 11.9. The third kappa shape index (κ3) is 5.58. The Hall–Kier alpha value is -2.38. The number of thioether (sulfide) groups is 1. The summed E-state index contributed by atoms with van der Waals surface area (Å²) in [6, 6.07) is 17.9. The Balaban J connectivity index is 1.46. The number of hydrogen-bond acceptors (Lipinski definition) is 6. The number of benzene rings is 2. The minimum atomic E-state index is -0.0164. The number of anilines is 2. The molecule has 0 radical (unpaired) electrons. The Morgan fingerprint density at radius 2 is 1.96 bits per heavy atom. The largest absolute Gasteiger partial charge is 0.351 e. The zero-order chi connectivity index (χ0) is 17.5. The number of amides is 1. The maximum Gasteiger partial charge on any atom is 0.230 e. The van der Waals surface area contributed by atoms with E-state index in [0.717, 1.165) is 20.7 Å². The highest BCUT2D eigenvalue weighted by Gasteiger charge is 2.08. The first kappa shape index (κ1) is 17.4. The minimum Gasteiger partial charge on any atom is -0.351 e. The van der Waals surface area contributed by atoms with Crippen molar-refractivity contribution in [1.82, 2.24) is 15.5 Å². The highest BCUT2D eigenvalue weighted by molar-refractivity contribution is 8.01. The van der Waals surface area contributed by atoms with Gasteiger partial charge in [-0.3, -0.25) is 4.79 Å². The van der Waals surface area contributed by atoms with Crippen molar-refractivity contribution in [2.24, 2.45) is 0 Å². The summed E-state index contributed by atoms with van der Waals surface area (Å²) in [5, 5.41) is 15.1. The fourth-order valence-corrected chi connectivity index (χ4v) is 3.74. The lowest BCUT2D eigenvalue weighted by Crippen LogP contribution is -2.24. The summed E-state index contributed by atoms with van der Waals surface area (Å²) in [4.78, 5) is 11.9. The van der Waals surface area contributed by atoms with Gasteiger partial charge in [0.1, 0.15) is 0 Å². The standard InChI is InChI=1S/C18H18N4OS2/c1-13-6-5-9-15(10-13)20-17-21-22-18(25-17)24-12-16(23)19-11-14-7-3-2-4-8-14/h2-10H,11-12H2,1H3,(H,19,23)(H,20,21). The fourth-order valence-electron chi connectivity index (χ4n) is 2.14. The van der Waals surface area contributed by atoms with E-state index < -0.39 is 0 Å². The van der Waals surface area contributed by atoms with E-state index in [1.54, 1.807) is 0 Å². The Morgan fingerprint density at radius 1 is 1.12 bits per heavy atom. The maximum atomic E-state index is 11.9. The number of nitrogens with zero attached hydrogens (tertiary/aromatic N) is 2. The molecule has 0 aliphatic heterocycles. The van der Waals surface area contributed by atoms with Gasteiger partial charge in [0.05, 0.1) is 5.75 Å². The van der Waals surface area contributed by atoms with Gasteiger partial charge in [-0.25, -0.2) is 0 Å². The van der Waals surface area contributed by atoms with Gasteiger partial charge in [-0.1, -0.05) is 65.6 Å². The Morgan fingerprint density at radius 3 is 2.76 bits per heavy atom. The molecule has 1 amide bonds. The molecule has 0 saturated heterocycles. The predicted molar refractivity (Wildman–Crippen MR) is 103 cm³/mol. The lowest BCUT2D eigenvalue weighted by Gasteiger charge is -2.04. The Bertz CT molecular complexity index is 836. The molecule has 5 nitrogen and oxygen atoms in total. The van der Waals surface area contributed by atoms with Crippen LogP contribution in [0.5, 0.6) is 0 Å². The van der Waals surface area contributed by atoms with Crippen LogP contribution >= 0.6 is 23.1 Å². The predicted octanol–water partition coefficient (Wildman–Crippen LogP) is 4.00. The van der Waals surface area contributed by atoms with Crippen LogP contribution < -0.4 is 10.6 Å². The topological polar surface area (TPSA) is 66.9 Å². The lowest BCUT2D eigenvalue weighted by atomic mass is 10.2. The Kier molecular flexibility index (Phi) is 6.03. The first-order valence-electron chi connectivity index (χ1n) is 7.80. The van der Waals surface area contributed by atoms with Crippen molar-refractivity contribution in [3.8, 4) is 0 Å². The molecule has 0 fully saturated rings. The van der Waals surface area contributed by atoms with Gasteiger partial charge in [0.2, 0.25) is 11.0 Å². The molecule has 0 aliphatic carbocycles. The van der Waals surface area contributed by atoms with Crippen LogP contribution in [0, 0.1) is 6.92 Å². The lowest BCUT2D eigenvalue weighted by molar-refractivity contribution is -0.118. The summed E-state index contributed by atoms with van der Waals surface area (Å²) >= 11 is 2.83. The second-order valence-corrected chi connectivity index (χ2v) is 7.62. The van der Waals surface area contributed by atoms with E-state index in [4.69, 9.17) is 0 Å². The van der Waals surface area contributed by atoms with Crippen molar-refractivity contribution >= 4 is 39.8 Å². The summed E-state index contributed by atoms with van der Waals surface area (Å²) in [7, 11) is 0. The van der Waals surface area contributed by atoms with Crippen molar-refractivity contribution in [2.45, 2.75) is 17.8 Å². The molecule has 0 bridgehead atoms. The molecule has 3 rings (SSSR count). The number of aromatic nitrogens is 2. The number of nitrogens with one attached hydrogen (secondary N) is 2. The van der Waals surface area contributed by atoms with Crippen LogP contribution in [0.4, 0.5) is 10.8 Å². The zero-order valence-corrected chi connectivity index (χ0v) is 15.4. The van der Waals surface area contributed by atoms with Gasteiger partial charge >= 0.3 is 0 Å². The summed E-state index contributed by atoms with van der Waals surface area (Å²) < 4.78 is 0.769. The van der Waals surface area contributed by atoms with Crippen LogP contribution in [0.25, 0.3) is 0 Å². The van der Waals surface area contributed by atoms with Crippen molar-refractivity contribution in [3.63, 3.8) is 0 Å². The molecule has 0 spiro atoms. The quantitative estimate of drug-likeness (QED) is 0.616. The van der Waals surface area contributed by atoms with Gasteiger partial charge in [-0.2, -0.15) is 0 Å². The molecule has 0 aliphatic rings. The van der Waals surface area contributed by atoms with Gasteiger partial charge in [0.25, 0.3) is 0 Å². The van der Waals surface area contributed by atoms with Crippen molar-refractivity contribution in [2.75, 3.05) is 11.1 Å². The molecule has 0 saturated carbocycles. The van der Waals surface area contributed by atoms with Crippen molar-refractivity contribution in [1.29, 1.82) is 0 Å². The molecule has 1 heterocycles. The number of hydrogen-bond donors (Lipinski definition) is 2. The van der Waals surface area contributed by atoms with E-state index in [1.165, 1.54) is 28.7 Å². The van der Waals surface area contributed by atoms with Crippen LogP contribution in [0.15, 0.2) is 58.9 Å². The average molecular weight is 371 g/mol. The van der Waals surface area contributed by atoms with Gasteiger partial charge in [-0.15, -0.1) is 10.2 Å². The zero-order valence-electron chi connectivity index (χ0n) is 13.7. The highest BCUT2D eigenvalue weighted by Crippen LogP contribution is 2.27. The van der Waals surface area contributed by atoms with Gasteiger partial charge in [-0.05, 0) is 30.2 Å². The van der Waals surface area contributed by atoms with E-state index in [2.05, 4.69) is 20.8 Å². The summed E-state index contributed by atoms with van der Waals surface area (Å²) in [5.41, 5.74) is 3.24. The summed E-state index contributed by atoms with van der Waals surface area (Å²) in [5.74, 6) is 0.309. The van der Waals surface area contributed by atoms with Gasteiger partial charge in [0, 0.05) is 12.2 Å². The molecular formula is C18H18N4OS2. The number of carbonyl (C=O) groups excluding carboxylic acids is 1. The highest BCUT2D eigenvalue weighted by atomic mass is 32.2. The van der Waals surface area contributed by atoms with E-state index >= 15 is 0 Å². The minimum absolute atomic E-state index is 0.0164. The van der Waals surface area contributed by atoms with Crippen LogP contribution in [-0.4, -0.2) is 21.9 Å². The monoisotopic (exact) mass is 370 g/mol. The summed E-state index contributed by atoms with van der Waals surface area (Å²) in [6.45, 7) is 2.58. The second-order valence-electron chi connectivity index (χ2n) is 5.42. The molecule has 1 aromatic heterocycles. The Labute approximate surface area is 154 Å². The van der Waals surface area contributed by atoms with Crippen molar-refractivity contribution < 1.29 is 4.79 Å². The summed E-state index contributed by atoms with van der Waals surface area (Å²) in [6.07, 6.45) is 0. The fraction of sp³-hybridized carbons (Fsp3) is 0.167. The van der Waals surface area contributed by atoms with E-state index in [9.17, 15) is 4.79 Å². The number of aryl methyl sites for hydroxylation is 1. The van der Waals surface area contributed by atoms with E-state index in [-0.39, 0.29) is 5.91 Å². The molecule has 7 heteroatoms. The van der Waals surface area contributed by atoms with E-state index in [1.807, 2.05) is 61.5 Å². The normalized spacial score (nSPS) is 10.4. The van der Waals surface area contributed by atoms with Crippen LogP contribution in [-0.2, 0) is 11.3 Å². The van der Waals surface area contributed by atoms with Crippen LogP contribution in [0.2, 0.25) is 0 Å². The van der Waals surface area contributed by atoms with Crippen molar-refractivity contribution in [3.05, 3.63) is 65.7 Å². The molecule has 25 heavy (non-hydrogen) atoms. The van der Waals surface area contributed by atoms with E-state index in [0.29, 0.717) is 12.3 Å². The third-order valence-electron chi connectivity index (χ3n) is 3.34. The van der Waals surface area contributed by atoms with Crippen LogP contribution in [0.3, 0.4) is 0 Å². The first-order valence-corrected chi connectivity index (χ1v) is 9.60. The third-order valence-corrected chi connectivity index (χ3v) is 5.31. The SMILES string of the molecule is Cc1cccc(Nc2nnc(SCC(=O)NCc3ccccc3)s2)c1. The molecule has 3 aromatic rings. The molecule has 128 valence electrons. The molecule has 2 N–H and O–H groups in total. The second kappa shape index (κ2) is 8.64. The molecule has 2 aromatic carbocycles. The van der Waals surface area contributed by atoms with Gasteiger partial charge in [0.15, 0.2) is 4.34 Å². The van der Waals surface area contributed by atoms with Crippen LogP contribution in [0.1, 0.15) is 11.1 Å². The molecular weight excluding hydrogens is 352 g/mol. The average Bonchev–Trinajstić information content (AvgIpc) is 3.06. The first-order chi connectivity index (χ1) is 12.2. The number of rotatable bonds is 7. The molecule has 0 unspecified atom stereocenters.